The number of para-hydroxylation sites is 1. The van der Waals surface area contributed by atoms with Crippen LogP contribution in [0.1, 0.15) is 11.1 Å². The van der Waals surface area contributed by atoms with Crippen LogP contribution < -0.4 is 0 Å². The van der Waals surface area contributed by atoms with Crippen molar-refractivity contribution >= 4 is 59.0 Å². The van der Waals surface area contributed by atoms with Gasteiger partial charge in [0.2, 0.25) is 5.69 Å². The molecule has 0 bridgehead atoms. The van der Waals surface area contributed by atoms with E-state index < -0.39 is 0 Å². The third-order valence-electron chi connectivity index (χ3n) is 8.44. The summed E-state index contributed by atoms with van der Waals surface area (Å²) in [5, 5.41) is 15.6. The zero-order valence-electron chi connectivity index (χ0n) is 23.3. The van der Waals surface area contributed by atoms with Crippen molar-refractivity contribution in [1.29, 1.82) is 5.26 Å². The van der Waals surface area contributed by atoms with Crippen molar-refractivity contribution in [3.05, 3.63) is 144 Å². The summed E-state index contributed by atoms with van der Waals surface area (Å²) in [5.41, 5.74) is 8.15. The highest BCUT2D eigenvalue weighted by atomic mass is 32.1. The fourth-order valence-corrected chi connectivity index (χ4v) is 7.75. The highest BCUT2D eigenvalue weighted by Crippen LogP contribution is 2.49. The smallest absolute Gasteiger partial charge is 0.219 e. The zero-order valence-corrected chi connectivity index (χ0v) is 24.1. The first-order chi connectivity index (χ1) is 21.2. The van der Waals surface area contributed by atoms with E-state index in [1.54, 1.807) is 11.3 Å². The van der Waals surface area contributed by atoms with Gasteiger partial charge in [0.25, 0.3) is 0 Å². The first-order valence-electron chi connectivity index (χ1n) is 14.1. The Labute approximate surface area is 252 Å². The highest BCUT2D eigenvalue weighted by Gasteiger charge is 2.27. The Bertz CT molecular complexity index is 2390. The van der Waals surface area contributed by atoms with E-state index in [1.165, 1.54) is 20.2 Å². The lowest BCUT2D eigenvalue weighted by Crippen LogP contribution is -2.04. The number of rotatable bonds is 3. The van der Waals surface area contributed by atoms with Crippen LogP contribution in [0.2, 0.25) is 0 Å². The number of nitriles is 1. The molecule has 0 aliphatic heterocycles. The molecule has 0 saturated heterocycles. The average Bonchev–Trinajstić information content (AvgIpc) is 3.58. The van der Waals surface area contributed by atoms with Crippen LogP contribution in [0.15, 0.2) is 121 Å². The molecule has 3 nitrogen and oxygen atoms in total. The van der Waals surface area contributed by atoms with Crippen LogP contribution in [0.25, 0.3) is 74.8 Å². The van der Waals surface area contributed by atoms with Crippen LogP contribution in [-0.2, 0) is 0 Å². The lowest BCUT2D eigenvalue weighted by atomic mass is 9.86. The van der Waals surface area contributed by atoms with E-state index >= 15 is 0 Å². The third-order valence-corrected chi connectivity index (χ3v) is 9.57. The molecule has 2 aromatic heterocycles. The van der Waals surface area contributed by atoms with Crippen molar-refractivity contribution in [2.45, 2.75) is 6.92 Å². The van der Waals surface area contributed by atoms with Gasteiger partial charge in [-0.05, 0) is 53.4 Å². The van der Waals surface area contributed by atoms with Gasteiger partial charge in [-0.3, -0.25) is 0 Å². The number of hydrogen-bond acceptors (Lipinski definition) is 2. The summed E-state index contributed by atoms with van der Waals surface area (Å²) in [6, 6.07) is 44.1. The maximum Gasteiger partial charge on any atom is 0.219 e. The van der Waals surface area contributed by atoms with Crippen molar-refractivity contribution in [3.8, 4) is 34.0 Å². The number of benzene rings is 6. The van der Waals surface area contributed by atoms with Crippen molar-refractivity contribution < 1.29 is 0 Å². The van der Waals surface area contributed by atoms with Crippen molar-refractivity contribution in [2.75, 3.05) is 0 Å². The Morgan fingerprint density at radius 2 is 1.28 bits per heavy atom. The van der Waals surface area contributed by atoms with Crippen LogP contribution in [0.4, 0.5) is 5.69 Å². The van der Waals surface area contributed by atoms with E-state index in [0.29, 0.717) is 16.9 Å². The van der Waals surface area contributed by atoms with Crippen LogP contribution in [0, 0.1) is 24.8 Å². The molecule has 0 N–H and O–H groups in total. The molecule has 0 aliphatic rings. The SMILES string of the molecule is [C-]#[N+]c1c(-c2ccccc2)c(C)c(-c2ccccc2)c(C#N)c1-n1c2ccccc2c2cc3c(cc21)sc1ccccc13. The second-order valence-electron chi connectivity index (χ2n) is 10.7. The van der Waals surface area contributed by atoms with E-state index in [0.717, 1.165) is 49.6 Å². The van der Waals surface area contributed by atoms with Gasteiger partial charge in [-0.1, -0.05) is 97.1 Å². The second kappa shape index (κ2) is 9.71. The van der Waals surface area contributed by atoms with Crippen molar-refractivity contribution in [2.24, 2.45) is 0 Å². The summed E-state index contributed by atoms with van der Waals surface area (Å²) < 4.78 is 4.59. The molecule has 0 atom stereocenters. The third kappa shape index (κ3) is 3.65. The Morgan fingerprint density at radius 1 is 0.651 bits per heavy atom. The van der Waals surface area contributed by atoms with E-state index in [9.17, 15) is 5.26 Å². The molecule has 8 aromatic rings. The molecule has 0 unspecified atom stereocenters. The maximum absolute atomic E-state index is 10.9. The monoisotopic (exact) mass is 565 g/mol. The summed E-state index contributed by atoms with van der Waals surface area (Å²) in [4.78, 5) is 4.20. The number of fused-ring (bicyclic) bond motifs is 6. The molecular formula is C39H23N3S. The van der Waals surface area contributed by atoms with E-state index in [4.69, 9.17) is 6.57 Å². The van der Waals surface area contributed by atoms with Gasteiger partial charge < -0.3 is 4.57 Å². The molecule has 0 spiro atoms. The van der Waals surface area contributed by atoms with Gasteiger partial charge in [0.1, 0.15) is 6.07 Å². The Hall–Kier alpha value is -5.68. The molecule has 0 amide bonds. The van der Waals surface area contributed by atoms with Gasteiger partial charge in [-0.15, -0.1) is 11.3 Å². The van der Waals surface area contributed by atoms with Gasteiger partial charge in [0.05, 0.1) is 28.9 Å². The number of thiophene rings is 1. The highest BCUT2D eigenvalue weighted by molar-refractivity contribution is 7.25. The minimum Gasteiger partial charge on any atom is -0.318 e. The summed E-state index contributed by atoms with van der Waals surface area (Å²) in [7, 11) is 0. The summed E-state index contributed by atoms with van der Waals surface area (Å²) in [5.74, 6) is 0. The van der Waals surface area contributed by atoms with Crippen LogP contribution in [0.3, 0.4) is 0 Å². The number of hydrogen-bond donors (Lipinski definition) is 0. The van der Waals surface area contributed by atoms with Gasteiger partial charge in [-0.2, -0.15) is 5.26 Å². The molecule has 8 rings (SSSR count). The zero-order chi connectivity index (χ0) is 29.1. The van der Waals surface area contributed by atoms with Gasteiger partial charge >= 0.3 is 0 Å². The molecule has 0 aliphatic carbocycles. The van der Waals surface area contributed by atoms with E-state index in [-0.39, 0.29) is 0 Å². The number of aromatic nitrogens is 1. The molecule has 200 valence electrons. The van der Waals surface area contributed by atoms with Crippen molar-refractivity contribution in [1.82, 2.24) is 4.57 Å². The molecule has 6 aromatic carbocycles. The quantitative estimate of drug-likeness (QED) is 0.196. The normalized spacial score (nSPS) is 11.3. The minimum atomic E-state index is 0.485. The molecule has 43 heavy (non-hydrogen) atoms. The summed E-state index contributed by atoms with van der Waals surface area (Å²) in [6.07, 6.45) is 0. The Kier molecular flexibility index (Phi) is 5.66. The van der Waals surface area contributed by atoms with Gasteiger partial charge in [0, 0.05) is 36.5 Å². The first kappa shape index (κ1) is 25.1. The standard InChI is InChI=1S/C39H23N3S/c1-24-36(25-13-5-3-6-14-25)31(23-40)39(38(41-2)37(24)26-15-7-4-8-16-26)42-32-19-11-9-17-27(32)29-21-30-28-18-10-12-20-34(28)43-35(30)22-33(29)42/h3-22H,1H3. The van der Waals surface area contributed by atoms with Crippen molar-refractivity contribution in [3.63, 3.8) is 0 Å². The maximum atomic E-state index is 10.9. The number of nitrogens with zero attached hydrogens (tertiary/aromatic N) is 3. The van der Waals surface area contributed by atoms with Crippen LogP contribution in [-0.4, -0.2) is 4.57 Å². The fourth-order valence-electron chi connectivity index (χ4n) is 6.63. The lowest BCUT2D eigenvalue weighted by molar-refractivity contribution is 1.17. The molecule has 0 saturated carbocycles. The molecule has 0 radical (unpaired) electrons. The second-order valence-corrected chi connectivity index (χ2v) is 11.8. The van der Waals surface area contributed by atoms with Crippen LogP contribution >= 0.6 is 11.3 Å². The Morgan fingerprint density at radius 3 is 1.98 bits per heavy atom. The average molecular weight is 566 g/mol. The molecule has 4 heteroatoms. The molecule has 0 fully saturated rings. The lowest BCUT2D eigenvalue weighted by Gasteiger charge is -2.22. The first-order valence-corrected chi connectivity index (χ1v) is 14.9. The fraction of sp³-hybridized carbons (Fsp3) is 0.0256. The predicted molar refractivity (Wildman–Crippen MR) is 180 cm³/mol. The van der Waals surface area contributed by atoms with E-state index in [2.05, 4.69) is 70.1 Å². The van der Waals surface area contributed by atoms with Gasteiger partial charge in [0.15, 0.2) is 0 Å². The predicted octanol–water partition coefficient (Wildman–Crippen LogP) is 11.2. The largest absolute Gasteiger partial charge is 0.318 e. The topological polar surface area (TPSA) is 33.1 Å². The molecular weight excluding hydrogens is 543 g/mol. The summed E-state index contributed by atoms with van der Waals surface area (Å²) in [6.45, 7) is 10.6. The Balaban J connectivity index is 1.61. The van der Waals surface area contributed by atoms with Gasteiger partial charge in [-0.25, -0.2) is 4.85 Å². The summed E-state index contributed by atoms with van der Waals surface area (Å²) >= 11 is 1.77. The van der Waals surface area contributed by atoms with Crippen LogP contribution in [0.5, 0.6) is 0 Å². The van der Waals surface area contributed by atoms with E-state index in [1.807, 2.05) is 73.7 Å². The minimum absolute atomic E-state index is 0.485. The molecule has 2 heterocycles.